The van der Waals surface area contributed by atoms with E-state index in [1.165, 1.54) is 11.3 Å². The summed E-state index contributed by atoms with van der Waals surface area (Å²) in [6.45, 7) is 5.23. The van der Waals surface area contributed by atoms with E-state index in [4.69, 9.17) is 9.47 Å². The number of ether oxygens (including phenoxy) is 2. The van der Waals surface area contributed by atoms with Crippen LogP contribution in [-0.4, -0.2) is 51.8 Å². The Morgan fingerprint density at radius 2 is 2.13 bits per heavy atom. The van der Waals surface area contributed by atoms with E-state index in [1.807, 2.05) is 35.9 Å². The molecule has 0 bridgehead atoms. The molecule has 3 heterocycles. The lowest BCUT2D eigenvalue weighted by Gasteiger charge is -2.27. The van der Waals surface area contributed by atoms with Crippen LogP contribution in [0.1, 0.15) is 49.7 Å². The minimum absolute atomic E-state index is 0.134. The van der Waals surface area contributed by atoms with Crippen LogP contribution < -0.4 is 4.74 Å². The number of carbonyl (C=O) groups excluding carboxylic acids is 2. The van der Waals surface area contributed by atoms with E-state index in [0.717, 1.165) is 27.6 Å². The first-order chi connectivity index (χ1) is 15.0. The molecule has 162 valence electrons. The molecule has 4 rings (SSSR count). The number of hydrogen-bond donors (Lipinski definition) is 0. The molecule has 0 atom stereocenters. The molecule has 1 amide bonds. The van der Waals surface area contributed by atoms with Crippen molar-refractivity contribution in [1.82, 2.24) is 19.7 Å². The number of esters is 1. The smallest absolute Gasteiger partial charge is 0.359 e. The molecule has 0 radical (unpaired) electrons. The van der Waals surface area contributed by atoms with E-state index in [1.54, 1.807) is 24.3 Å². The second kappa shape index (κ2) is 8.89. The molecular formula is C22H24N4O4S. The highest BCUT2D eigenvalue weighted by molar-refractivity contribution is 7.09. The summed E-state index contributed by atoms with van der Waals surface area (Å²) in [4.78, 5) is 31.5. The third kappa shape index (κ3) is 4.32. The van der Waals surface area contributed by atoms with Crippen molar-refractivity contribution in [2.24, 2.45) is 0 Å². The van der Waals surface area contributed by atoms with Gasteiger partial charge in [0, 0.05) is 29.6 Å². The summed E-state index contributed by atoms with van der Waals surface area (Å²) in [7, 11) is 1.63. The number of aryl methyl sites for hydroxylation is 1. The zero-order valence-electron chi connectivity index (χ0n) is 17.8. The Morgan fingerprint density at radius 1 is 1.29 bits per heavy atom. The van der Waals surface area contributed by atoms with Gasteiger partial charge in [0.15, 0.2) is 5.69 Å². The van der Waals surface area contributed by atoms with E-state index in [2.05, 4.69) is 10.1 Å². The van der Waals surface area contributed by atoms with Gasteiger partial charge in [0.2, 0.25) is 0 Å². The normalized spacial score (nSPS) is 13.1. The van der Waals surface area contributed by atoms with Crippen molar-refractivity contribution < 1.29 is 19.1 Å². The maximum Gasteiger partial charge on any atom is 0.359 e. The number of rotatable bonds is 6. The molecule has 31 heavy (non-hydrogen) atoms. The van der Waals surface area contributed by atoms with Crippen LogP contribution in [0, 0.1) is 6.92 Å². The Bertz CT molecular complexity index is 1120. The molecule has 8 nitrogen and oxygen atoms in total. The lowest BCUT2D eigenvalue weighted by molar-refractivity contribution is 0.0513. The summed E-state index contributed by atoms with van der Waals surface area (Å²) in [5.41, 5.74) is 3.41. The zero-order valence-corrected chi connectivity index (χ0v) is 18.6. The fraction of sp³-hybridized carbons (Fsp3) is 0.364. The van der Waals surface area contributed by atoms with Crippen LogP contribution in [0.2, 0.25) is 0 Å². The Kier molecular flexibility index (Phi) is 6.03. The predicted molar refractivity (Wildman–Crippen MR) is 116 cm³/mol. The molecule has 0 spiro atoms. The molecule has 3 aromatic rings. The molecular weight excluding hydrogens is 416 g/mol. The first kappa shape index (κ1) is 21.0. The predicted octanol–water partition coefficient (Wildman–Crippen LogP) is 3.08. The summed E-state index contributed by atoms with van der Waals surface area (Å²) >= 11 is 1.45. The van der Waals surface area contributed by atoms with Crippen LogP contribution in [0.5, 0.6) is 5.75 Å². The molecule has 1 aliphatic heterocycles. The fourth-order valence-corrected chi connectivity index (χ4v) is 4.31. The number of amides is 1. The molecule has 0 saturated carbocycles. The summed E-state index contributed by atoms with van der Waals surface area (Å²) in [5, 5.41) is 7.20. The van der Waals surface area contributed by atoms with Crippen LogP contribution in [0.4, 0.5) is 0 Å². The van der Waals surface area contributed by atoms with Gasteiger partial charge in [-0.3, -0.25) is 9.48 Å². The average Bonchev–Trinajstić information content (AvgIpc) is 3.37. The van der Waals surface area contributed by atoms with Crippen LogP contribution in [-0.2, 0) is 24.2 Å². The largest absolute Gasteiger partial charge is 0.497 e. The van der Waals surface area contributed by atoms with Gasteiger partial charge in [0.1, 0.15) is 11.4 Å². The molecule has 1 aliphatic rings. The number of carbonyl (C=O) groups is 2. The number of methoxy groups -OCH3 is 1. The maximum atomic E-state index is 12.9. The summed E-state index contributed by atoms with van der Waals surface area (Å²) in [6, 6.07) is 7.74. The number of fused-ring (bicyclic) bond motifs is 1. The Hall–Kier alpha value is -3.20. The second-order valence-electron chi connectivity index (χ2n) is 7.23. The van der Waals surface area contributed by atoms with E-state index in [9.17, 15) is 9.59 Å². The second-order valence-corrected chi connectivity index (χ2v) is 8.29. The van der Waals surface area contributed by atoms with Crippen molar-refractivity contribution in [1.29, 1.82) is 0 Å². The van der Waals surface area contributed by atoms with Crippen molar-refractivity contribution in [3.8, 4) is 5.75 Å². The lowest BCUT2D eigenvalue weighted by Crippen LogP contribution is -2.37. The average molecular weight is 441 g/mol. The minimum Gasteiger partial charge on any atom is -0.497 e. The molecule has 0 aliphatic carbocycles. The van der Waals surface area contributed by atoms with E-state index >= 15 is 0 Å². The standard InChI is InChI=1S/C22H24N4O4S/c1-4-30-22(28)20-17-12-25(21(27)18-13-31-14(2)23-18)9-8-19(17)26(24-20)11-15-6-5-7-16(10-15)29-3/h5-7,10,13H,4,8-9,11-12H2,1-3H3. The van der Waals surface area contributed by atoms with Crippen molar-refractivity contribution in [2.75, 3.05) is 20.3 Å². The summed E-state index contributed by atoms with van der Waals surface area (Å²) in [5.74, 6) is 0.159. The van der Waals surface area contributed by atoms with Gasteiger partial charge in [-0.1, -0.05) is 12.1 Å². The van der Waals surface area contributed by atoms with Gasteiger partial charge in [-0.05, 0) is 31.5 Å². The molecule has 0 fully saturated rings. The van der Waals surface area contributed by atoms with Crippen LogP contribution in [0.25, 0.3) is 0 Å². The Balaban J connectivity index is 1.65. The van der Waals surface area contributed by atoms with Gasteiger partial charge in [0.05, 0.1) is 31.8 Å². The van der Waals surface area contributed by atoms with Gasteiger partial charge in [-0.15, -0.1) is 11.3 Å². The van der Waals surface area contributed by atoms with Crippen LogP contribution >= 0.6 is 11.3 Å². The molecule has 9 heteroatoms. The van der Waals surface area contributed by atoms with Crippen LogP contribution in [0.3, 0.4) is 0 Å². The van der Waals surface area contributed by atoms with E-state index in [0.29, 0.717) is 31.7 Å². The molecule has 0 saturated heterocycles. The topological polar surface area (TPSA) is 86.5 Å². The third-order valence-electron chi connectivity index (χ3n) is 5.19. The van der Waals surface area contributed by atoms with Crippen molar-refractivity contribution >= 4 is 23.2 Å². The third-order valence-corrected chi connectivity index (χ3v) is 5.97. The van der Waals surface area contributed by atoms with E-state index in [-0.39, 0.29) is 18.2 Å². The molecule has 0 N–H and O–H groups in total. The van der Waals surface area contributed by atoms with Crippen molar-refractivity contribution in [2.45, 2.75) is 33.4 Å². The molecule has 2 aromatic heterocycles. The highest BCUT2D eigenvalue weighted by atomic mass is 32.1. The van der Waals surface area contributed by atoms with Crippen molar-refractivity contribution in [3.05, 3.63) is 62.9 Å². The highest BCUT2D eigenvalue weighted by Crippen LogP contribution is 2.26. The van der Waals surface area contributed by atoms with Gasteiger partial charge in [-0.2, -0.15) is 5.10 Å². The first-order valence-electron chi connectivity index (χ1n) is 10.1. The lowest BCUT2D eigenvalue weighted by atomic mass is 10.0. The van der Waals surface area contributed by atoms with Crippen molar-refractivity contribution in [3.63, 3.8) is 0 Å². The van der Waals surface area contributed by atoms with E-state index < -0.39 is 5.97 Å². The summed E-state index contributed by atoms with van der Waals surface area (Å²) in [6.07, 6.45) is 0.598. The van der Waals surface area contributed by atoms with Gasteiger partial charge < -0.3 is 14.4 Å². The quantitative estimate of drug-likeness (QED) is 0.548. The number of nitrogens with zero attached hydrogens (tertiary/aromatic N) is 4. The first-order valence-corrected chi connectivity index (χ1v) is 11.0. The van der Waals surface area contributed by atoms with Gasteiger partial charge in [-0.25, -0.2) is 9.78 Å². The minimum atomic E-state index is -0.470. The monoisotopic (exact) mass is 440 g/mol. The van der Waals surface area contributed by atoms with Gasteiger partial charge in [0.25, 0.3) is 5.91 Å². The number of benzene rings is 1. The Labute approximate surface area is 184 Å². The summed E-state index contributed by atoms with van der Waals surface area (Å²) < 4.78 is 12.4. The maximum absolute atomic E-state index is 12.9. The number of thiazole rings is 1. The van der Waals surface area contributed by atoms with Crippen LogP contribution in [0.15, 0.2) is 29.6 Å². The fourth-order valence-electron chi connectivity index (χ4n) is 3.73. The molecule has 0 unspecified atom stereocenters. The molecule has 1 aromatic carbocycles. The highest BCUT2D eigenvalue weighted by Gasteiger charge is 2.31. The Morgan fingerprint density at radius 3 is 2.84 bits per heavy atom. The number of aromatic nitrogens is 3. The van der Waals surface area contributed by atoms with Gasteiger partial charge >= 0.3 is 5.97 Å². The SMILES string of the molecule is CCOC(=O)c1nn(Cc2cccc(OC)c2)c2c1CN(C(=O)c1csc(C)n1)CC2. The zero-order chi connectivity index (χ0) is 22.0. The number of hydrogen-bond acceptors (Lipinski definition) is 7.